The van der Waals surface area contributed by atoms with Crippen LogP contribution in [0.15, 0.2) is 0 Å². The van der Waals surface area contributed by atoms with Crippen LogP contribution in [0.25, 0.3) is 0 Å². The Morgan fingerprint density at radius 3 is 2.27 bits per heavy atom. The van der Waals surface area contributed by atoms with E-state index in [1.165, 1.54) is 0 Å². The van der Waals surface area contributed by atoms with Gasteiger partial charge in [0.15, 0.2) is 0 Å². The van der Waals surface area contributed by atoms with E-state index < -0.39 is 0 Å². The molecule has 86 valence electrons. The summed E-state index contributed by atoms with van der Waals surface area (Å²) in [5.74, 6) is 1.89. The topological polar surface area (TPSA) is 46.3 Å². The van der Waals surface area contributed by atoms with Gasteiger partial charge < -0.3 is 10.6 Å². The molecule has 0 aromatic rings. The largest absolute Gasteiger partial charge is 0.342 e. The lowest BCUT2D eigenvalue weighted by Gasteiger charge is -2.20. The molecular formula is C12H22N2O. The van der Waals surface area contributed by atoms with Crippen LogP contribution in [0.2, 0.25) is 0 Å². The molecule has 3 heteroatoms. The molecule has 1 amide bonds. The van der Waals surface area contributed by atoms with Crippen molar-refractivity contribution in [1.82, 2.24) is 4.90 Å². The van der Waals surface area contributed by atoms with Gasteiger partial charge in [0.2, 0.25) is 5.91 Å². The van der Waals surface area contributed by atoms with Crippen molar-refractivity contribution in [2.45, 2.75) is 39.2 Å². The van der Waals surface area contributed by atoms with Crippen LogP contribution >= 0.6 is 0 Å². The van der Waals surface area contributed by atoms with Crippen molar-refractivity contribution in [1.29, 1.82) is 0 Å². The third kappa shape index (κ3) is 2.17. The van der Waals surface area contributed by atoms with Gasteiger partial charge in [-0.3, -0.25) is 4.79 Å². The Balaban J connectivity index is 1.92. The lowest BCUT2D eigenvalue weighted by atomic mass is 10.0. The van der Waals surface area contributed by atoms with Gasteiger partial charge in [-0.2, -0.15) is 0 Å². The third-order valence-corrected chi connectivity index (χ3v) is 4.12. The predicted molar refractivity (Wildman–Crippen MR) is 60.2 cm³/mol. The molecule has 15 heavy (non-hydrogen) atoms. The molecule has 0 radical (unpaired) electrons. The Morgan fingerprint density at radius 1 is 1.20 bits per heavy atom. The minimum Gasteiger partial charge on any atom is -0.342 e. The van der Waals surface area contributed by atoms with Crippen LogP contribution in [0.4, 0.5) is 0 Å². The van der Waals surface area contributed by atoms with Crippen LogP contribution in [0.5, 0.6) is 0 Å². The van der Waals surface area contributed by atoms with Crippen LogP contribution in [-0.2, 0) is 4.79 Å². The molecule has 2 fully saturated rings. The zero-order chi connectivity index (χ0) is 11.0. The summed E-state index contributed by atoms with van der Waals surface area (Å²) in [5, 5.41) is 0. The summed E-state index contributed by atoms with van der Waals surface area (Å²) >= 11 is 0. The number of nitrogens with zero attached hydrogens (tertiary/aromatic N) is 1. The van der Waals surface area contributed by atoms with Crippen molar-refractivity contribution in [2.75, 3.05) is 13.1 Å². The quantitative estimate of drug-likeness (QED) is 0.707. The molecule has 1 aliphatic heterocycles. The van der Waals surface area contributed by atoms with Crippen LogP contribution in [0.1, 0.15) is 33.1 Å². The number of likely N-dealkylation sites (tertiary alicyclic amines) is 1. The highest BCUT2D eigenvalue weighted by Crippen LogP contribution is 2.29. The molecule has 1 saturated heterocycles. The first-order chi connectivity index (χ1) is 7.08. The summed E-state index contributed by atoms with van der Waals surface area (Å²) in [6.45, 7) is 6.37. The highest BCUT2D eigenvalue weighted by molar-refractivity contribution is 5.79. The first-order valence-electron chi connectivity index (χ1n) is 6.12. The maximum atomic E-state index is 12.2. The highest BCUT2D eigenvalue weighted by Gasteiger charge is 2.35. The number of carbonyl (C=O) groups is 1. The van der Waals surface area contributed by atoms with Crippen molar-refractivity contribution >= 4 is 5.91 Å². The molecule has 0 aromatic heterocycles. The van der Waals surface area contributed by atoms with Gasteiger partial charge in [-0.25, -0.2) is 0 Å². The van der Waals surface area contributed by atoms with Crippen molar-refractivity contribution in [2.24, 2.45) is 23.5 Å². The first kappa shape index (κ1) is 10.9. The van der Waals surface area contributed by atoms with Gasteiger partial charge in [0.05, 0.1) is 0 Å². The molecule has 2 N–H and O–H groups in total. The number of nitrogens with two attached hydrogens (primary N) is 1. The second-order valence-corrected chi connectivity index (χ2v) is 5.47. The molecule has 1 aliphatic carbocycles. The first-order valence-corrected chi connectivity index (χ1v) is 6.12. The van der Waals surface area contributed by atoms with E-state index in [2.05, 4.69) is 18.7 Å². The summed E-state index contributed by atoms with van der Waals surface area (Å²) in [4.78, 5) is 14.2. The maximum Gasteiger partial charge on any atom is 0.225 e. The van der Waals surface area contributed by atoms with Crippen molar-refractivity contribution < 1.29 is 4.79 Å². The molecule has 2 aliphatic rings. The van der Waals surface area contributed by atoms with Gasteiger partial charge in [-0.15, -0.1) is 0 Å². The number of amides is 1. The standard InChI is InChI=1S/C12H22N2O/c1-8-6-14(7-9(8)2)12(15)10-3-4-11(13)5-10/h8-11H,3-7,13H2,1-2H3. The van der Waals surface area contributed by atoms with Gasteiger partial charge in [-0.1, -0.05) is 13.8 Å². The van der Waals surface area contributed by atoms with Crippen molar-refractivity contribution in [3.05, 3.63) is 0 Å². The normalized spacial score (nSPS) is 41.1. The fraction of sp³-hybridized carbons (Fsp3) is 0.917. The zero-order valence-electron chi connectivity index (χ0n) is 9.78. The molecule has 0 bridgehead atoms. The molecule has 3 nitrogen and oxygen atoms in total. The van der Waals surface area contributed by atoms with E-state index in [1.807, 2.05) is 0 Å². The summed E-state index contributed by atoms with van der Waals surface area (Å²) in [6.07, 6.45) is 2.92. The summed E-state index contributed by atoms with van der Waals surface area (Å²) in [6, 6.07) is 0.261. The average Bonchev–Trinajstić information content (AvgIpc) is 2.74. The second-order valence-electron chi connectivity index (χ2n) is 5.47. The fourth-order valence-corrected chi connectivity index (χ4v) is 2.81. The van der Waals surface area contributed by atoms with E-state index in [-0.39, 0.29) is 12.0 Å². The monoisotopic (exact) mass is 210 g/mol. The van der Waals surface area contributed by atoms with Gasteiger partial charge >= 0.3 is 0 Å². The fourth-order valence-electron chi connectivity index (χ4n) is 2.81. The van der Waals surface area contributed by atoms with E-state index in [0.717, 1.165) is 32.4 Å². The number of hydrogen-bond acceptors (Lipinski definition) is 2. The van der Waals surface area contributed by atoms with Gasteiger partial charge in [-0.05, 0) is 31.1 Å². The molecule has 1 saturated carbocycles. The van der Waals surface area contributed by atoms with Gasteiger partial charge in [0.25, 0.3) is 0 Å². The minimum absolute atomic E-state index is 0.220. The van der Waals surface area contributed by atoms with Crippen LogP contribution in [0, 0.1) is 17.8 Å². The number of rotatable bonds is 1. The average molecular weight is 210 g/mol. The molecular weight excluding hydrogens is 188 g/mol. The van der Waals surface area contributed by atoms with Crippen molar-refractivity contribution in [3.63, 3.8) is 0 Å². The van der Waals surface area contributed by atoms with E-state index in [0.29, 0.717) is 17.7 Å². The Kier molecular flexibility index (Phi) is 3.01. The molecule has 1 heterocycles. The maximum absolute atomic E-state index is 12.2. The Hall–Kier alpha value is -0.570. The predicted octanol–water partition coefficient (Wildman–Crippen LogP) is 1.23. The molecule has 4 atom stereocenters. The van der Waals surface area contributed by atoms with Crippen LogP contribution < -0.4 is 5.73 Å². The number of hydrogen-bond donors (Lipinski definition) is 1. The molecule has 4 unspecified atom stereocenters. The summed E-state index contributed by atoms with van der Waals surface area (Å²) in [7, 11) is 0. The lowest BCUT2D eigenvalue weighted by molar-refractivity contribution is -0.134. The van der Waals surface area contributed by atoms with E-state index in [1.54, 1.807) is 0 Å². The van der Waals surface area contributed by atoms with Crippen molar-refractivity contribution in [3.8, 4) is 0 Å². The van der Waals surface area contributed by atoms with Gasteiger partial charge in [0.1, 0.15) is 0 Å². The second kappa shape index (κ2) is 4.12. The van der Waals surface area contributed by atoms with E-state index >= 15 is 0 Å². The van der Waals surface area contributed by atoms with E-state index in [4.69, 9.17) is 5.73 Å². The Labute approximate surface area is 92.0 Å². The van der Waals surface area contributed by atoms with Crippen LogP contribution in [-0.4, -0.2) is 29.9 Å². The minimum atomic E-state index is 0.220. The Bertz CT molecular complexity index is 244. The molecule has 0 spiro atoms. The zero-order valence-corrected chi connectivity index (χ0v) is 9.78. The van der Waals surface area contributed by atoms with Gasteiger partial charge in [0, 0.05) is 25.0 Å². The summed E-state index contributed by atoms with van der Waals surface area (Å²) < 4.78 is 0. The van der Waals surface area contributed by atoms with E-state index in [9.17, 15) is 4.79 Å². The Morgan fingerprint density at radius 2 is 1.80 bits per heavy atom. The lowest BCUT2D eigenvalue weighted by Crippen LogP contribution is -2.34. The smallest absolute Gasteiger partial charge is 0.225 e. The SMILES string of the molecule is CC1CN(C(=O)C2CCC(N)C2)CC1C. The molecule has 0 aromatic carbocycles. The number of carbonyl (C=O) groups excluding carboxylic acids is 1. The highest BCUT2D eigenvalue weighted by atomic mass is 16.2. The third-order valence-electron chi connectivity index (χ3n) is 4.12. The molecule has 2 rings (SSSR count). The van der Waals surface area contributed by atoms with Crippen LogP contribution in [0.3, 0.4) is 0 Å². The summed E-state index contributed by atoms with van der Waals surface area (Å²) in [5.41, 5.74) is 5.85.